The lowest BCUT2D eigenvalue weighted by Gasteiger charge is -2.15. The zero-order valence-corrected chi connectivity index (χ0v) is 15.9. The lowest BCUT2D eigenvalue weighted by atomic mass is 10.2. The highest BCUT2D eigenvalue weighted by molar-refractivity contribution is 6.35. The zero-order valence-electron chi connectivity index (χ0n) is 14.3. The second-order valence-electron chi connectivity index (χ2n) is 5.26. The summed E-state index contributed by atoms with van der Waals surface area (Å²) in [6, 6.07) is 9.18. The quantitative estimate of drug-likeness (QED) is 0.739. The van der Waals surface area contributed by atoms with Gasteiger partial charge in [-0.05, 0) is 43.3 Å². The fourth-order valence-electron chi connectivity index (χ4n) is 2.12. The van der Waals surface area contributed by atoms with Crippen LogP contribution in [0.5, 0.6) is 11.5 Å². The molecule has 0 saturated heterocycles. The highest BCUT2D eigenvalue weighted by atomic mass is 35.5. The number of hydrogen-bond donors (Lipinski definition) is 1. The number of ether oxygens (including phenoxy) is 3. The Labute approximate surface area is 160 Å². The molecule has 2 aromatic rings. The molecule has 138 valence electrons. The molecular formula is C18H17Cl2NO5. The summed E-state index contributed by atoms with van der Waals surface area (Å²) in [5, 5.41) is 3.35. The molecule has 26 heavy (non-hydrogen) atoms. The van der Waals surface area contributed by atoms with Crippen LogP contribution in [0.4, 0.5) is 5.69 Å². The lowest BCUT2D eigenvalue weighted by Crippen LogP contribution is -2.30. The van der Waals surface area contributed by atoms with Crippen LogP contribution in [0.15, 0.2) is 36.4 Å². The van der Waals surface area contributed by atoms with E-state index in [2.05, 4.69) is 5.32 Å². The molecule has 0 bridgehead atoms. The van der Waals surface area contributed by atoms with Crippen molar-refractivity contribution in [2.24, 2.45) is 0 Å². The van der Waals surface area contributed by atoms with Crippen molar-refractivity contribution in [3.05, 3.63) is 52.0 Å². The standard InChI is InChI=1S/C18H17Cl2NO5/c1-10(17(22)21-14-8-12(19)7-13(20)9-14)26-18(23)11-4-5-15(24-2)16(6-11)25-3/h4-10H,1-3H3,(H,21,22)/t10-/m0/s1. The number of halogens is 2. The number of rotatable bonds is 6. The average Bonchev–Trinajstić information content (AvgIpc) is 2.59. The number of carbonyl (C=O) groups excluding carboxylic acids is 2. The van der Waals surface area contributed by atoms with Gasteiger partial charge in [-0.25, -0.2) is 4.79 Å². The highest BCUT2D eigenvalue weighted by Gasteiger charge is 2.20. The molecule has 0 spiro atoms. The van der Waals surface area contributed by atoms with Gasteiger partial charge in [0.05, 0.1) is 19.8 Å². The fraction of sp³-hybridized carbons (Fsp3) is 0.222. The first-order valence-electron chi connectivity index (χ1n) is 7.54. The molecule has 0 heterocycles. The van der Waals surface area contributed by atoms with Crippen LogP contribution in [0.3, 0.4) is 0 Å². The van der Waals surface area contributed by atoms with E-state index in [0.29, 0.717) is 27.2 Å². The van der Waals surface area contributed by atoms with E-state index in [4.69, 9.17) is 37.4 Å². The molecule has 0 unspecified atom stereocenters. The number of methoxy groups -OCH3 is 2. The van der Waals surface area contributed by atoms with Gasteiger partial charge in [-0.1, -0.05) is 23.2 Å². The minimum Gasteiger partial charge on any atom is -0.493 e. The minimum atomic E-state index is -1.03. The van der Waals surface area contributed by atoms with Gasteiger partial charge in [0.25, 0.3) is 5.91 Å². The van der Waals surface area contributed by atoms with Crippen LogP contribution < -0.4 is 14.8 Å². The first-order chi connectivity index (χ1) is 12.3. The van der Waals surface area contributed by atoms with Crippen LogP contribution in [0.25, 0.3) is 0 Å². The largest absolute Gasteiger partial charge is 0.493 e. The second kappa shape index (κ2) is 8.78. The van der Waals surface area contributed by atoms with Crippen LogP contribution in [0, 0.1) is 0 Å². The number of carbonyl (C=O) groups is 2. The molecule has 0 aliphatic rings. The van der Waals surface area contributed by atoms with Gasteiger partial charge in [-0.15, -0.1) is 0 Å². The van der Waals surface area contributed by atoms with E-state index in [9.17, 15) is 9.59 Å². The maximum atomic E-state index is 12.2. The summed E-state index contributed by atoms with van der Waals surface area (Å²) in [7, 11) is 2.95. The average molecular weight is 398 g/mol. The predicted octanol–water partition coefficient (Wildman–Crippen LogP) is 4.19. The van der Waals surface area contributed by atoms with E-state index in [1.54, 1.807) is 12.1 Å². The molecule has 1 N–H and O–H groups in total. The van der Waals surface area contributed by atoms with Crippen LogP contribution in [0.1, 0.15) is 17.3 Å². The molecule has 1 atom stereocenters. The number of benzene rings is 2. The molecule has 0 aliphatic carbocycles. The van der Waals surface area contributed by atoms with Gasteiger partial charge in [-0.2, -0.15) is 0 Å². The summed E-state index contributed by atoms with van der Waals surface area (Å²) in [6.07, 6.45) is -1.03. The van der Waals surface area contributed by atoms with Crippen molar-refractivity contribution in [2.75, 3.05) is 19.5 Å². The Bertz CT molecular complexity index is 805. The summed E-state index contributed by atoms with van der Waals surface area (Å²) in [5.41, 5.74) is 0.634. The summed E-state index contributed by atoms with van der Waals surface area (Å²) >= 11 is 11.8. The maximum absolute atomic E-state index is 12.2. The molecule has 0 fully saturated rings. The molecule has 8 heteroatoms. The monoisotopic (exact) mass is 397 g/mol. The fourth-order valence-corrected chi connectivity index (χ4v) is 2.64. The lowest BCUT2D eigenvalue weighted by molar-refractivity contribution is -0.123. The summed E-state index contributed by atoms with van der Waals surface area (Å²) in [5.74, 6) is -0.324. The van der Waals surface area contributed by atoms with Crippen molar-refractivity contribution in [3.8, 4) is 11.5 Å². The highest BCUT2D eigenvalue weighted by Crippen LogP contribution is 2.28. The summed E-state index contributed by atoms with van der Waals surface area (Å²) in [4.78, 5) is 24.5. The van der Waals surface area contributed by atoms with E-state index in [1.165, 1.54) is 45.4 Å². The van der Waals surface area contributed by atoms with E-state index < -0.39 is 18.0 Å². The number of anilines is 1. The molecule has 6 nitrogen and oxygen atoms in total. The van der Waals surface area contributed by atoms with Gasteiger partial charge in [0.1, 0.15) is 0 Å². The van der Waals surface area contributed by atoms with Gasteiger partial charge in [0.15, 0.2) is 17.6 Å². The van der Waals surface area contributed by atoms with Crippen molar-refractivity contribution in [2.45, 2.75) is 13.0 Å². The molecule has 1 amide bonds. The van der Waals surface area contributed by atoms with Gasteiger partial charge in [0, 0.05) is 15.7 Å². The third-order valence-electron chi connectivity index (χ3n) is 3.40. The zero-order chi connectivity index (χ0) is 19.3. The molecule has 2 aromatic carbocycles. The molecule has 0 radical (unpaired) electrons. The van der Waals surface area contributed by atoms with E-state index >= 15 is 0 Å². The smallest absolute Gasteiger partial charge is 0.339 e. The Morgan fingerprint density at radius 3 is 2.15 bits per heavy atom. The second-order valence-corrected chi connectivity index (χ2v) is 6.14. The molecule has 2 rings (SSSR count). The summed E-state index contributed by atoms with van der Waals surface area (Å²) < 4.78 is 15.4. The molecule has 0 aliphatic heterocycles. The van der Waals surface area contributed by atoms with Crippen molar-refractivity contribution < 1.29 is 23.8 Å². The third kappa shape index (κ3) is 5.03. The maximum Gasteiger partial charge on any atom is 0.339 e. The normalized spacial score (nSPS) is 11.4. The SMILES string of the molecule is COc1ccc(C(=O)O[C@@H](C)C(=O)Nc2cc(Cl)cc(Cl)c2)cc1OC. The van der Waals surface area contributed by atoms with Crippen molar-refractivity contribution in [1.29, 1.82) is 0 Å². The Balaban J connectivity index is 2.05. The van der Waals surface area contributed by atoms with Crippen LogP contribution >= 0.6 is 23.2 Å². The van der Waals surface area contributed by atoms with Crippen molar-refractivity contribution in [3.63, 3.8) is 0 Å². The summed E-state index contributed by atoms with van der Waals surface area (Å²) in [6.45, 7) is 1.46. The van der Waals surface area contributed by atoms with Crippen LogP contribution in [0.2, 0.25) is 10.0 Å². The number of hydrogen-bond acceptors (Lipinski definition) is 5. The van der Waals surface area contributed by atoms with Crippen LogP contribution in [-0.4, -0.2) is 32.2 Å². The predicted molar refractivity (Wildman–Crippen MR) is 99.5 cm³/mol. The topological polar surface area (TPSA) is 73.9 Å². The third-order valence-corrected chi connectivity index (χ3v) is 3.84. The number of esters is 1. The first-order valence-corrected chi connectivity index (χ1v) is 8.29. The van der Waals surface area contributed by atoms with Gasteiger partial charge in [0.2, 0.25) is 0 Å². The van der Waals surface area contributed by atoms with E-state index in [1.807, 2.05) is 0 Å². The Morgan fingerprint density at radius 2 is 1.58 bits per heavy atom. The number of amides is 1. The van der Waals surface area contributed by atoms with Gasteiger partial charge in [-0.3, -0.25) is 4.79 Å². The van der Waals surface area contributed by atoms with Crippen molar-refractivity contribution in [1.82, 2.24) is 0 Å². The van der Waals surface area contributed by atoms with Gasteiger partial charge < -0.3 is 19.5 Å². The first kappa shape index (κ1) is 19.9. The minimum absolute atomic E-state index is 0.230. The van der Waals surface area contributed by atoms with Crippen molar-refractivity contribution >= 4 is 40.8 Å². The van der Waals surface area contributed by atoms with E-state index in [0.717, 1.165) is 0 Å². The molecule has 0 aromatic heterocycles. The molecule has 0 saturated carbocycles. The molecular weight excluding hydrogens is 381 g/mol. The Morgan fingerprint density at radius 1 is 0.962 bits per heavy atom. The number of nitrogens with one attached hydrogen (secondary N) is 1. The Kier molecular flexibility index (Phi) is 6.71. The van der Waals surface area contributed by atoms with E-state index in [-0.39, 0.29) is 5.56 Å². The van der Waals surface area contributed by atoms with Crippen LogP contribution in [-0.2, 0) is 9.53 Å². The van der Waals surface area contributed by atoms with Gasteiger partial charge >= 0.3 is 5.97 Å². The Hall–Kier alpha value is -2.44.